The zero-order chi connectivity index (χ0) is 12.1. The quantitative estimate of drug-likeness (QED) is 0.906. The van der Waals surface area contributed by atoms with E-state index in [9.17, 15) is 4.79 Å². The Morgan fingerprint density at radius 2 is 2.06 bits per heavy atom. The zero-order valence-electron chi connectivity index (χ0n) is 9.02. The van der Waals surface area contributed by atoms with Gasteiger partial charge in [0.15, 0.2) is 0 Å². The first-order chi connectivity index (χ1) is 8.25. The Hall–Kier alpha value is -1.81. The molecular weight excluding hydrogens is 240 g/mol. The fourth-order valence-corrected chi connectivity index (χ4v) is 1.52. The maximum atomic E-state index is 11.5. The number of nitrogens with one attached hydrogen (secondary N) is 1. The second-order valence-corrected chi connectivity index (χ2v) is 3.95. The molecule has 0 aliphatic carbocycles. The minimum Gasteiger partial charge on any atom is -0.351 e. The normalized spacial score (nSPS) is 10.2. The van der Waals surface area contributed by atoms with Crippen LogP contribution in [0.2, 0.25) is 5.02 Å². The van der Waals surface area contributed by atoms with Crippen LogP contribution in [0.25, 0.3) is 0 Å². The lowest BCUT2D eigenvalue weighted by Gasteiger charge is -2.03. The van der Waals surface area contributed by atoms with E-state index in [0.717, 1.165) is 12.0 Å². The molecule has 4 nitrogen and oxygen atoms in total. The molecule has 1 aromatic carbocycles. The third-order valence-corrected chi connectivity index (χ3v) is 2.53. The molecule has 0 saturated carbocycles. The Bertz CT molecular complexity index is 480. The maximum Gasteiger partial charge on any atom is 0.289 e. The molecular formula is C12H11ClN2O2. The van der Waals surface area contributed by atoms with E-state index in [1.165, 1.54) is 12.3 Å². The van der Waals surface area contributed by atoms with E-state index in [2.05, 4.69) is 10.5 Å². The molecule has 0 bridgehead atoms. The smallest absolute Gasteiger partial charge is 0.289 e. The molecule has 1 N–H and O–H groups in total. The first-order valence-electron chi connectivity index (χ1n) is 5.19. The standard InChI is InChI=1S/C12H11ClN2O2/c13-10-3-1-9(2-4-10)5-7-14-12(16)11-6-8-15-17-11/h1-4,6,8H,5,7H2,(H,14,16). The van der Waals surface area contributed by atoms with E-state index >= 15 is 0 Å². The third-order valence-electron chi connectivity index (χ3n) is 2.27. The van der Waals surface area contributed by atoms with Gasteiger partial charge in [0.25, 0.3) is 5.91 Å². The van der Waals surface area contributed by atoms with Crippen LogP contribution in [0.3, 0.4) is 0 Å². The number of carbonyl (C=O) groups excluding carboxylic acids is 1. The van der Waals surface area contributed by atoms with Crippen molar-refractivity contribution in [2.45, 2.75) is 6.42 Å². The summed E-state index contributed by atoms with van der Waals surface area (Å²) in [5.74, 6) is -0.0300. The largest absolute Gasteiger partial charge is 0.351 e. The fourth-order valence-electron chi connectivity index (χ4n) is 1.39. The molecule has 88 valence electrons. The summed E-state index contributed by atoms with van der Waals surface area (Å²) < 4.78 is 4.73. The Morgan fingerprint density at radius 1 is 1.29 bits per heavy atom. The summed E-state index contributed by atoms with van der Waals surface area (Å²) in [5.41, 5.74) is 1.12. The Labute approximate surface area is 104 Å². The van der Waals surface area contributed by atoms with Gasteiger partial charge in [-0.1, -0.05) is 28.9 Å². The van der Waals surface area contributed by atoms with Gasteiger partial charge in [-0.2, -0.15) is 0 Å². The van der Waals surface area contributed by atoms with E-state index in [1.807, 2.05) is 24.3 Å². The van der Waals surface area contributed by atoms with Gasteiger partial charge in [-0.05, 0) is 24.1 Å². The molecule has 0 aliphatic rings. The van der Waals surface area contributed by atoms with Crippen LogP contribution in [0.15, 0.2) is 41.1 Å². The highest BCUT2D eigenvalue weighted by atomic mass is 35.5. The first-order valence-corrected chi connectivity index (χ1v) is 5.57. The van der Waals surface area contributed by atoms with Crippen LogP contribution in [0.5, 0.6) is 0 Å². The molecule has 0 spiro atoms. The van der Waals surface area contributed by atoms with Gasteiger partial charge in [-0.25, -0.2) is 0 Å². The van der Waals surface area contributed by atoms with Crippen molar-refractivity contribution in [3.05, 3.63) is 52.9 Å². The Kier molecular flexibility index (Phi) is 3.77. The van der Waals surface area contributed by atoms with E-state index in [1.54, 1.807) is 0 Å². The second kappa shape index (κ2) is 5.50. The summed E-state index contributed by atoms with van der Waals surface area (Å²) in [5, 5.41) is 6.92. The molecule has 1 amide bonds. The number of carbonyl (C=O) groups is 1. The highest BCUT2D eigenvalue weighted by Crippen LogP contribution is 2.09. The van der Waals surface area contributed by atoms with Crippen LogP contribution in [-0.4, -0.2) is 17.6 Å². The average molecular weight is 251 g/mol. The number of amides is 1. The maximum absolute atomic E-state index is 11.5. The van der Waals surface area contributed by atoms with E-state index in [0.29, 0.717) is 11.6 Å². The van der Waals surface area contributed by atoms with Crippen molar-refractivity contribution in [3.63, 3.8) is 0 Å². The highest BCUT2D eigenvalue weighted by molar-refractivity contribution is 6.30. The highest BCUT2D eigenvalue weighted by Gasteiger charge is 2.07. The second-order valence-electron chi connectivity index (χ2n) is 3.51. The van der Waals surface area contributed by atoms with Gasteiger partial charge in [0.05, 0.1) is 6.20 Å². The van der Waals surface area contributed by atoms with Crippen molar-refractivity contribution < 1.29 is 9.32 Å². The summed E-state index contributed by atoms with van der Waals surface area (Å²) in [7, 11) is 0. The minimum absolute atomic E-state index is 0.223. The minimum atomic E-state index is -0.253. The molecule has 2 rings (SSSR count). The van der Waals surface area contributed by atoms with E-state index in [-0.39, 0.29) is 11.7 Å². The first kappa shape index (κ1) is 11.7. The molecule has 0 aliphatic heterocycles. The van der Waals surface area contributed by atoms with Gasteiger partial charge in [0.1, 0.15) is 0 Å². The van der Waals surface area contributed by atoms with Crippen LogP contribution in [0.4, 0.5) is 0 Å². The number of aromatic nitrogens is 1. The van der Waals surface area contributed by atoms with Crippen LogP contribution < -0.4 is 5.32 Å². The van der Waals surface area contributed by atoms with Gasteiger partial charge in [0, 0.05) is 17.6 Å². The zero-order valence-corrected chi connectivity index (χ0v) is 9.78. The average Bonchev–Trinajstić information content (AvgIpc) is 2.85. The number of benzene rings is 1. The summed E-state index contributed by atoms with van der Waals surface area (Å²) in [6, 6.07) is 9.05. The molecule has 0 saturated heterocycles. The van der Waals surface area contributed by atoms with Crippen molar-refractivity contribution in [2.24, 2.45) is 0 Å². The lowest BCUT2D eigenvalue weighted by molar-refractivity contribution is 0.0917. The topological polar surface area (TPSA) is 55.1 Å². The summed E-state index contributed by atoms with van der Waals surface area (Å²) in [6.45, 7) is 0.543. The Balaban J connectivity index is 1.80. The Morgan fingerprint density at radius 3 is 2.71 bits per heavy atom. The lowest BCUT2D eigenvalue weighted by Crippen LogP contribution is -2.25. The van der Waals surface area contributed by atoms with Gasteiger partial charge >= 0.3 is 0 Å². The number of halogens is 1. The van der Waals surface area contributed by atoms with Crippen LogP contribution in [-0.2, 0) is 6.42 Å². The summed E-state index contributed by atoms with van der Waals surface area (Å²) >= 11 is 5.77. The van der Waals surface area contributed by atoms with E-state index < -0.39 is 0 Å². The predicted molar refractivity (Wildman–Crippen MR) is 64.0 cm³/mol. The monoisotopic (exact) mass is 250 g/mol. The molecule has 2 aromatic rings. The molecule has 0 fully saturated rings. The van der Waals surface area contributed by atoms with Crippen molar-refractivity contribution in [1.29, 1.82) is 0 Å². The fraction of sp³-hybridized carbons (Fsp3) is 0.167. The van der Waals surface area contributed by atoms with Gasteiger partial charge in [-0.3, -0.25) is 4.79 Å². The molecule has 0 radical (unpaired) electrons. The van der Waals surface area contributed by atoms with Crippen molar-refractivity contribution in [1.82, 2.24) is 10.5 Å². The predicted octanol–water partition coefficient (Wildman–Crippen LogP) is 2.30. The molecule has 17 heavy (non-hydrogen) atoms. The number of rotatable bonds is 4. The van der Waals surface area contributed by atoms with Gasteiger partial charge in [-0.15, -0.1) is 0 Å². The number of hydrogen-bond acceptors (Lipinski definition) is 3. The lowest BCUT2D eigenvalue weighted by atomic mass is 10.1. The van der Waals surface area contributed by atoms with Crippen molar-refractivity contribution >= 4 is 17.5 Å². The molecule has 5 heteroatoms. The van der Waals surface area contributed by atoms with Crippen LogP contribution in [0, 0.1) is 0 Å². The van der Waals surface area contributed by atoms with Crippen molar-refractivity contribution in [2.75, 3.05) is 6.54 Å². The van der Waals surface area contributed by atoms with Crippen molar-refractivity contribution in [3.8, 4) is 0 Å². The summed E-state index contributed by atoms with van der Waals surface area (Å²) in [6.07, 6.45) is 2.19. The van der Waals surface area contributed by atoms with Gasteiger partial charge in [0.2, 0.25) is 5.76 Å². The number of nitrogens with zero attached hydrogens (tertiary/aromatic N) is 1. The molecule has 0 unspecified atom stereocenters. The third kappa shape index (κ3) is 3.32. The molecule has 1 aromatic heterocycles. The van der Waals surface area contributed by atoms with Crippen LogP contribution >= 0.6 is 11.6 Å². The molecule has 1 heterocycles. The summed E-state index contributed by atoms with van der Waals surface area (Å²) in [4.78, 5) is 11.5. The SMILES string of the molecule is O=C(NCCc1ccc(Cl)cc1)c1ccno1. The molecule has 0 atom stereocenters. The number of hydrogen-bond donors (Lipinski definition) is 1. The van der Waals surface area contributed by atoms with Crippen LogP contribution in [0.1, 0.15) is 16.1 Å². The van der Waals surface area contributed by atoms with E-state index in [4.69, 9.17) is 16.1 Å². The van der Waals surface area contributed by atoms with Gasteiger partial charge < -0.3 is 9.84 Å².